The number of ether oxygens (including phenoxy) is 2. The van der Waals surface area contributed by atoms with Crippen molar-refractivity contribution in [2.24, 2.45) is 5.10 Å². The molecule has 1 amide bonds. The molecule has 0 aliphatic carbocycles. The van der Waals surface area contributed by atoms with Crippen LogP contribution >= 0.6 is 0 Å². The Morgan fingerprint density at radius 1 is 1.36 bits per heavy atom. The molecule has 2 aliphatic heterocycles. The third-order valence-electron chi connectivity index (χ3n) is 3.78. The number of hydrogen-bond donors (Lipinski definition) is 1. The predicted molar refractivity (Wildman–Crippen MR) is 84.4 cm³/mol. The summed E-state index contributed by atoms with van der Waals surface area (Å²) in [6.07, 6.45) is 0.935. The van der Waals surface area contributed by atoms with Gasteiger partial charge in [-0.25, -0.2) is 0 Å². The quantitative estimate of drug-likeness (QED) is 0.913. The monoisotopic (exact) mass is 303 g/mol. The van der Waals surface area contributed by atoms with Gasteiger partial charge >= 0.3 is 0 Å². The van der Waals surface area contributed by atoms with Crippen molar-refractivity contribution in [3.05, 3.63) is 29.8 Å². The topological polar surface area (TPSA) is 63.2 Å². The molecule has 2 aliphatic rings. The van der Waals surface area contributed by atoms with Gasteiger partial charge in [0.25, 0.3) is 5.91 Å². The highest BCUT2D eigenvalue weighted by Gasteiger charge is 2.16. The van der Waals surface area contributed by atoms with Crippen LogP contribution in [-0.4, -0.2) is 50.6 Å². The Bertz CT molecular complexity index is 550. The van der Waals surface area contributed by atoms with Crippen molar-refractivity contribution in [3.8, 4) is 0 Å². The fourth-order valence-electron chi connectivity index (χ4n) is 2.51. The largest absolute Gasteiger partial charge is 0.376 e. The van der Waals surface area contributed by atoms with Crippen molar-refractivity contribution in [1.82, 2.24) is 5.32 Å². The van der Waals surface area contributed by atoms with E-state index in [1.54, 1.807) is 0 Å². The number of benzene rings is 1. The molecule has 0 aromatic heterocycles. The Labute approximate surface area is 130 Å². The van der Waals surface area contributed by atoms with E-state index in [0.717, 1.165) is 24.4 Å². The van der Waals surface area contributed by atoms with E-state index in [-0.39, 0.29) is 12.0 Å². The highest BCUT2D eigenvalue weighted by molar-refractivity contribution is 5.94. The smallest absolute Gasteiger partial charge is 0.251 e. The van der Waals surface area contributed by atoms with Crippen LogP contribution in [0.5, 0.6) is 0 Å². The molecule has 6 nitrogen and oxygen atoms in total. The van der Waals surface area contributed by atoms with Crippen LogP contribution in [0.15, 0.2) is 29.4 Å². The summed E-state index contributed by atoms with van der Waals surface area (Å²) in [6, 6.07) is 7.51. The molecule has 1 atom stereocenters. The van der Waals surface area contributed by atoms with Crippen molar-refractivity contribution >= 4 is 17.3 Å². The van der Waals surface area contributed by atoms with E-state index < -0.39 is 0 Å². The van der Waals surface area contributed by atoms with Crippen LogP contribution in [0.2, 0.25) is 0 Å². The zero-order valence-corrected chi connectivity index (χ0v) is 12.7. The first-order valence-corrected chi connectivity index (χ1v) is 7.61. The van der Waals surface area contributed by atoms with E-state index in [0.29, 0.717) is 31.9 Å². The lowest BCUT2D eigenvalue weighted by Crippen LogP contribution is -2.39. The van der Waals surface area contributed by atoms with Crippen LogP contribution in [0, 0.1) is 0 Å². The van der Waals surface area contributed by atoms with Crippen molar-refractivity contribution in [2.45, 2.75) is 19.4 Å². The van der Waals surface area contributed by atoms with Crippen LogP contribution in [0.25, 0.3) is 0 Å². The van der Waals surface area contributed by atoms with Gasteiger partial charge in [0.1, 0.15) is 0 Å². The van der Waals surface area contributed by atoms with Crippen LogP contribution in [0.3, 0.4) is 0 Å². The highest BCUT2D eigenvalue weighted by Crippen LogP contribution is 2.19. The lowest BCUT2D eigenvalue weighted by Gasteiger charge is -2.23. The van der Waals surface area contributed by atoms with Crippen LogP contribution in [0.4, 0.5) is 5.69 Å². The minimum atomic E-state index is -0.0955. The van der Waals surface area contributed by atoms with Gasteiger partial charge in [0.15, 0.2) is 0 Å². The van der Waals surface area contributed by atoms with Gasteiger partial charge in [-0.2, -0.15) is 5.10 Å². The first-order chi connectivity index (χ1) is 10.7. The first kappa shape index (κ1) is 15.0. The summed E-state index contributed by atoms with van der Waals surface area (Å²) < 4.78 is 10.8. The standard InChI is InChI=1S/C16H21N3O3/c1-12-6-7-19(18-12)14-4-2-13(3-5-14)16(20)17-10-15-11-21-8-9-22-15/h2-5,15H,6-11H2,1H3,(H,17,20). The molecule has 6 heteroatoms. The average Bonchev–Trinajstić information content (AvgIpc) is 3.00. The molecule has 1 N–H and O–H groups in total. The number of anilines is 1. The SMILES string of the molecule is CC1=NN(c2ccc(C(=O)NCC3COCCO3)cc2)CC1. The Kier molecular flexibility index (Phi) is 4.70. The first-order valence-electron chi connectivity index (χ1n) is 7.61. The van der Waals surface area contributed by atoms with Gasteiger partial charge < -0.3 is 14.8 Å². The maximum atomic E-state index is 12.1. The molecule has 0 saturated carbocycles. The second-order valence-electron chi connectivity index (χ2n) is 5.53. The molecule has 0 radical (unpaired) electrons. The lowest BCUT2D eigenvalue weighted by atomic mass is 10.2. The zero-order chi connectivity index (χ0) is 15.4. The maximum absolute atomic E-state index is 12.1. The molecule has 1 aromatic carbocycles. The average molecular weight is 303 g/mol. The maximum Gasteiger partial charge on any atom is 0.251 e. The van der Waals surface area contributed by atoms with Crippen LogP contribution < -0.4 is 10.3 Å². The summed E-state index contributed by atoms with van der Waals surface area (Å²) in [5, 5.41) is 9.29. The van der Waals surface area contributed by atoms with E-state index in [9.17, 15) is 4.79 Å². The van der Waals surface area contributed by atoms with Gasteiger partial charge in [0.05, 0.1) is 31.6 Å². The van der Waals surface area contributed by atoms with Crippen molar-refractivity contribution in [3.63, 3.8) is 0 Å². The van der Waals surface area contributed by atoms with Gasteiger partial charge in [-0.15, -0.1) is 0 Å². The molecule has 3 rings (SSSR count). The number of carbonyl (C=O) groups excluding carboxylic acids is 1. The molecule has 118 valence electrons. The summed E-state index contributed by atoms with van der Waals surface area (Å²) in [5.74, 6) is -0.0955. The molecule has 1 unspecified atom stereocenters. The van der Waals surface area contributed by atoms with Gasteiger partial charge in [-0.1, -0.05) is 0 Å². The number of carbonyl (C=O) groups is 1. The van der Waals surface area contributed by atoms with E-state index >= 15 is 0 Å². The van der Waals surface area contributed by atoms with Gasteiger partial charge in [-0.3, -0.25) is 9.80 Å². The number of hydrazone groups is 1. The third-order valence-corrected chi connectivity index (χ3v) is 3.78. The van der Waals surface area contributed by atoms with Crippen molar-refractivity contribution in [2.75, 3.05) is 37.9 Å². The van der Waals surface area contributed by atoms with Crippen molar-refractivity contribution < 1.29 is 14.3 Å². The number of amides is 1. The van der Waals surface area contributed by atoms with Gasteiger partial charge in [-0.05, 0) is 31.2 Å². The number of nitrogens with one attached hydrogen (secondary N) is 1. The molecule has 2 heterocycles. The van der Waals surface area contributed by atoms with Crippen LogP contribution in [-0.2, 0) is 9.47 Å². The Morgan fingerprint density at radius 3 is 2.82 bits per heavy atom. The van der Waals surface area contributed by atoms with E-state index in [4.69, 9.17) is 9.47 Å². The normalized spacial score (nSPS) is 21.6. The molecule has 1 fully saturated rings. The zero-order valence-electron chi connectivity index (χ0n) is 12.7. The summed E-state index contributed by atoms with van der Waals surface area (Å²) in [5.41, 5.74) is 2.79. The molecular weight excluding hydrogens is 282 g/mol. The fourth-order valence-corrected chi connectivity index (χ4v) is 2.51. The lowest BCUT2D eigenvalue weighted by molar-refractivity contribution is -0.0855. The summed E-state index contributed by atoms with van der Waals surface area (Å²) in [6.45, 7) is 5.15. The second-order valence-corrected chi connectivity index (χ2v) is 5.53. The Morgan fingerprint density at radius 2 is 2.18 bits per heavy atom. The summed E-state index contributed by atoms with van der Waals surface area (Å²) in [7, 11) is 0. The molecular formula is C16H21N3O3. The molecule has 0 bridgehead atoms. The van der Waals surface area contributed by atoms with Gasteiger partial charge in [0, 0.05) is 30.8 Å². The number of nitrogens with zero attached hydrogens (tertiary/aromatic N) is 2. The molecule has 1 saturated heterocycles. The number of rotatable bonds is 4. The minimum absolute atomic E-state index is 0.0566. The number of hydrogen-bond acceptors (Lipinski definition) is 5. The van der Waals surface area contributed by atoms with Gasteiger partial charge in [0.2, 0.25) is 0 Å². The third kappa shape index (κ3) is 3.64. The van der Waals surface area contributed by atoms with E-state index in [1.165, 1.54) is 0 Å². The Hall–Kier alpha value is -1.92. The minimum Gasteiger partial charge on any atom is -0.376 e. The summed E-state index contributed by atoms with van der Waals surface area (Å²) >= 11 is 0. The molecule has 1 aromatic rings. The van der Waals surface area contributed by atoms with Crippen LogP contribution in [0.1, 0.15) is 23.7 Å². The van der Waals surface area contributed by atoms with E-state index in [2.05, 4.69) is 10.4 Å². The van der Waals surface area contributed by atoms with Crippen molar-refractivity contribution in [1.29, 1.82) is 0 Å². The molecule has 22 heavy (non-hydrogen) atoms. The second kappa shape index (κ2) is 6.89. The highest BCUT2D eigenvalue weighted by atomic mass is 16.6. The Balaban J connectivity index is 1.54. The van der Waals surface area contributed by atoms with E-state index in [1.807, 2.05) is 36.2 Å². The molecule has 0 spiro atoms. The fraction of sp³-hybridized carbons (Fsp3) is 0.500. The summed E-state index contributed by atoms with van der Waals surface area (Å²) in [4.78, 5) is 12.1. The predicted octanol–water partition coefficient (Wildman–Crippen LogP) is 1.42.